The van der Waals surface area contributed by atoms with Gasteiger partial charge in [0.05, 0.1) is 14.2 Å². The number of amides is 1. The summed E-state index contributed by atoms with van der Waals surface area (Å²) in [6.45, 7) is 4.70. The molecular formula is C16H20N2O3S. The summed E-state index contributed by atoms with van der Waals surface area (Å²) < 4.78 is 10.5. The number of hydrogen-bond acceptors (Lipinski definition) is 4. The molecule has 1 aliphatic heterocycles. The molecule has 22 heavy (non-hydrogen) atoms. The summed E-state index contributed by atoms with van der Waals surface area (Å²) in [5.74, 6) is 1.51. The highest BCUT2D eigenvalue weighted by atomic mass is 32.1. The van der Waals surface area contributed by atoms with E-state index < -0.39 is 0 Å². The van der Waals surface area contributed by atoms with Crippen LogP contribution < -0.4 is 14.8 Å². The van der Waals surface area contributed by atoms with Gasteiger partial charge in [-0.25, -0.2) is 0 Å². The van der Waals surface area contributed by atoms with Crippen molar-refractivity contribution in [1.82, 2.24) is 10.2 Å². The number of nitrogens with zero attached hydrogens (tertiary/aromatic N) is 1. The van der Waals surface area contributed by atoms with Crippen LogP contribution >= 0.6 is 12.2 Å². The Morgan fingerprint density at radius 1 is 1.27 bits per heavy atom. The molecule has 0 bridgehead atoms. The van der Waals surface area contributed by atoms with Crippen LogP contribution in [-0.2, 0) is 4.79 Å². The Morgan fingerprint density at radius 2 is 1.95 bits per heavy atom. The number of benzene rings is 1. The van der Waals surface area contributed by atoms with Gasteiger partial charge in [0.25, 0.3) is 5.91 Å². The van der Waals surface area contributed by atoms with Gasteiger partial charge in [0.1, 0.15) is 5.70 Å². The van der Waals surface area contributed by atoms with Crippen molar-refractivity contribution in [2.75, 3.05) is 20.8 Å². The lowest BCUT2D eigenvalue weighted by molar-refractivity contribution is -0.122. The molecule has 1 aromatic rings. The van der Waals surface area contributed by atoms with Crippen molar-refractivity contribution >= 4 is 29.3 Å². The van der Waals surface area contributed by atoms with Gasteiger partial charge in [-0.1, -0.05) is 19.9 Å². The van der Waals surface area contributed by atoms with E-state index in [1.807, 2.05) is 26.0 Å². The number of nitrogens with one attached hydrogen (secondary N) is 1. The molecule has 0 radical (unpaired) electrons. The first-order valence-electron chi connectivity index (χ1n) is 7.02. The third kappa shape index (κ3) is 3.39. The summed E-state index contributed by atoms with van der Waals surface area (Å²) in [7, 11) is 3.16. The Bertz CT molecular complexity index is 626. The second-order valence-corrected chi connectivity index (χ2v) is 5.80. The molecule has 1 saturated heterocycles. The number of thiocarbonyl (C=S) groups is 1. The third-order valence-corrected chi connectivity index (χ3v) is 3.55. The molecule has 0 unspecified atom stereocenters. The fraction of sp³-hybridized carbons (Fsp3) is 0.375. The highest BCUT2D eigenvalue weighted by molar-refractivity contribution is 7.80. The van der Waals surface area contributed by atoms with Crippen LogP contribution in [0, 0.1) is 5.92 Å². The topological polar surface area (TPSA) is 50.8 Å². The van der Waals surface area contributed by atoms with Crippen molar-refractivity contribution in [3.8, 4) is 11.5 Å². The highest BCUT2D eigenvalue weighted by Crippen LogP contribution is 2.28. The van der Waals surface area contributed by atoms with E-state index in [4.69, 9.17) is 21.7 Å². The molecule has 0 spiro atoms. The van der Waals surface area contributed by atoms with E-state index in [9.17, 15) is 4.79 Å². The Hall–Kier alpha value is -2.08. The average Bonchev–Trinajstić information content (AvgIpc) is 2.74. The highest BCUT2D eigenvalue weighted by Gasteiger charge is 2.30. The summed E-state index contributed by atoms with van der Waals surface area (Å²) in [6.07, 6.45) is 1.76. The van der Waals surface area contributed by atoms with Gasteiger partial charge in [-0.3, -0.25) is 9.69 Å². The molecule has 2 rings (SSSR count). The zero-order valence-electron chi connectivity index (χ0n) is 13.2. The maximum Gasteiger partial charge on any atom is 0.276 e. The number of ether oxygens (including phenoxy) is 2. The lowest BCUT2D eigenvalue weighted by Crippen LogP contribution is -2.33. The molecule has 118 valence electrons. The largest absolute Gasteiger partial charge is 0.493 e. The van der Waals surface area contributed by atoms with Gasteiger partial charge < -0.3 is 14.8 Å². The Kier molecular flexibility index (Phi) is 5.03. The zero-order valence-corrected chi connectivity index (χ0v) is 14.0. The molecule has 0 atom stereocenters. The summed E-state index contributed by atoms with van der Waals surface area (Å²) in [6, 6.07) is 5.47. The number of rotatable bonds is 5. The van der Waals surface area contributed by atoms with Gasteiger partial charge in [0, 0.05) is 6.54 Å². The van der Waals surface area contributed by atoms with Crippen molar-refractivity contribution in [2.24, 2.45) is 5.92 Å². The molecule has 1 amide bonds. The minimum Gasteiger partial charge on any atom is -0.493 e. The quantitative estimate of drug-likeness (QED) is 0.667. The van der Waals surface area contributed by atoms with Crippen molar-refractivity contribution in [2.45, 2.75) is 13.8 Å². The maximum atomic E-state index is 12.4. The van der Waals surface area contributed by atoms with Crippen LogP contribution in [0.2, 0.25) is 0 Å². The first-order valence-corrected chi connectivity index (χ1v) is 7.43. The van der Waals surface area contributed by atoms with Crippen molar-refractivity contribution in [3.63, 3.8) is 0 Å². The van der Waals surface area contributed by atoms with Gasteiger partial charge in [0.2, 0.25) is 0 Å². The van der Waals surface area contributed by atoms with Crippen LogP contribution in [0.4, 0.5) is 0 Å². The normalized spacial score (nSPS) is 16.4. The minimum absolute atomic E-state index is 0.103. The fourth-order valence-corrected chi connectivity index (χ4v) is 2.48. The van der Waals surface area contributed by atoms with Crippen LogP contribution in [0.1, 0.15) is 19.4 Å². The number of hydrogen-bond donors (Lipinski definition) is 1. The molecular weight excluding hydrogens is 300 g/mol. The lowest BCUT2D eigenvalue weighted by Gasteiger charge is -2.15. The van der Waals surface area contributed by atoms with Crippen LogP contribution in [0.25, 0.3) is 6.08 Å². The van der Waals surface area contributed by atoms with Gasteiger partial charge >= 0.3 is 0 Å². The Labute approximate surface area is 135 Å². The summed E-state index contributed by atoms with van der Waals surface area (Å²) in [5.41, 5.74) is 1.31. The Morgan fingerprint density at radius 3 is 2.55 bits per heavy atom. The standard InChI is InChI=1S/C16H20N2O3S/c1-10(2)9-18-15(19)12(17-16(18)22)7-11-5-6-13(20-3)14(8-11)21-4/h5-8,10H,9H2,1-4H3,(H,17,22)/b12-7+. The van der Waals surface area contributed by atoms with E-state index >= 15 is 0 Å². The molecule has 6 heteroatoms. The molecule has 1 aromatic carbocycles. The smallest absolute Gasteiger partial charge is 0.276 e. The first kappa shape index (κ1) is 16.3. The predicted molar refractivity (Wildman–Crippen MR) is 89.8 cm³/mol. The Balaban J connectivity index is 2.27. The number of carbonyl (C=O) groups is 1. The maximum absolute atomic E-state index is 12.4. The molecule has 1 heterocycles. The molecule has 0 aliphatic carbocycles. The monoisotopic (exact) mass is 320 g/mol. The van der Waals surface area contributed by atoms with Gasteiger partial charge in [-0.05, 0) is 41.9 Å². The van der Waals surface area contributed by atoms with E-state index in [0.29, 0.717) is 34.8 Å². The van der Waals surface area contributed by atoms with Gasteiger partial charge in [-0.2, -0.15) is 0 Å². The second-order valence-electron chi connectivity index (χ2n) is 5.41. The van der Waals surface area contributed by atoms with E-state index in [-0.39, 0.29) is 5.91 Å². The summed E-state index contributed by atoms with van der Waals surface area (Å²) in [4.78, 5) is 14.0. The minimum atomic E-state index is -0.103. The SMILES string of the molecule is COc1ccc(/C=C2/NC(=S)N(CC(C)C)C2=O)cc1OC. The number of methoxy groups -OCH3 is 2. The summed E-state index contributed by atoms with van der Waals surface area (Å²) >= 11 is 5.23. The van der Waals surface area contributed by atoms with Crippen LogP contribution in [0.15, 0.2) is 23.9 Å². The fourth-order valence-electron chi connectivity index (χ4n) is 2.21. The van der Waals surface area contributed by atoms with E-state index in [0.717, 1.165) is 5.56 Å². The zero-order chi connectivity index (χ0) is 16.3. The van der Waals surface area contributed by atoms with E-state index in [2.05, 4.69) is 5.32 Å². The van der Waals surface area contributed by atoms with Crippen LogP contribution in [0.3, 0.4) is 0 Å². The second kappa shape index (κ2) is 6.79. The molecule has 0 saturated carbocycles. The molecule has 1 fully saturated rings. The molecule has 5 nitrogen and oxygen atoms in total. The number of carbonyl (C=O) groups excluding carboxylic acids is 1. The van der Waals surface area contributed by atoms with Gasteiger partial charge in [0.15, 0.2) is 16.6 Å². The van der Waals surface area contributed by atoms with E-state index in [1.54, 1.807) is 31.3 Å². The first-order chi connectivity index (χ1) is 10.5. The molecule has 1 aliphatic rings. The van der Waals surface area contributed by atoms with Gasteiger partial charge in [-0.15, -0.1) is 0 Å². The predicted octanol–water partition coefficient (Wildman–Crippen LogP) is 2.42. The molecule has 1 N–H and O–H groups in total. The third-order valence-electron chi connectivity index (χ3n) is 3.23. The lowest BCUT2D eigenvalue weighted by atomic mass is 10.1. The average molecular weight is 320 g/mol. The molecule has 0 aromatic heterocycles. The van der Waals surface area contributed by atoms with Crippen molar-refractivity contribution < 1.29 is 14.3 Å². The van der Waals surface area contributed by atoms with Crippen molar-refractivity contribution in [3.05, 3.63) is 29.5 Å². The van der Waals surface area contributed by atoms with E-state index in [1.165, 1.54) is 0 Å². The van der Waals surface area contributed by atoms with Crippen LogP contribution in [0.5, 0.6) is 11.5 Å². The summed E-state index contributed by atoms with van der Waals surface area (Å²) in [5, 5.41) is 3.42. The van der Waals surface area contributed by atoms with Crippen LogP contribution in [-0.4, -0.2) is 36.7 Å². The van der Waals surface area contributed by atoms with Crippen molar-refractivity contribution in [1.29, 1.82) is 0 Å².